The molecular formula is C18H22FN3O3. The predicted octanol–water partition coefficient (Wildman–Crippen LogP) is 2.66. The van der Waals surface area contributed by atoms with E-state index in [0.717, 1.165) is 19.3 Å². The van der Waals surface area contributed by atoms with E-state index < -0.39 is 0 Å². The third-order valence-electron chi connectivity index (χ3n) is 4.52. The lowest BCUT2D eigenvalue weighted by Crippen LogP contribution is -2.30. The fourth-order valence-electron chi connectivity index (χ4n) is 3.33. The molecule has 0 saturated heterocycles. The van der Waals surface area contributed by atoms with E-state index in [1.165, 1.54) is 20.1 Å². The topological polar surface area (TPSA) is 77.3 Å². The van der Waals surface area contributed by atoms with Gasteiger partial charge in [-0.1, -0.05) is 6.07 Å². The zero-order valence-corrected chi connectivity index (χ0v) is 14.4. The molecule has 1 aliphatic carbocycles. The molecule has 134 valence electrons. The second kappa shape index (κ2) is 7.63. The van der Waals surface area contributed by atoms with Crippen LogP contribution >= 0.6 is 0 Å². The van der Waals surface area contributed by atoms with Crippen molar-refractivity contribution in [1.82, 2.24) is 15.5 Å². The molecule has 1 aromatic heterocycles. The smallest absolute Gasteiger partial charge is 0.221 e. The van der Waals surface area contributed by atoms with E-state index in [1.807, 2.05) is 0 Å². The van der Waals surface area contributed by atoms with Crippen molar-refractivity contribution in [2.24, 2.45) is 5.92 Å². The quantitative estimate of drug-likeness (QED) is 0.869. The van der Waals surface area contributed by atoms with Gasteiger partial charge in [0.2, 0.25) is 17.7 Å². The molecular weight excluding hydrogens is 325 g/mol. The van der Waals surface area contributed by atoms with Crippen molar-refractivity contribution in [2.45, 2.75) is 45.1 Å². The summed E-state index contributed by atoms with van der Waals surface area (Å²) in [5.74, 6) is 1.51. The van der Waals surface area contributed by atoms with Crippen molar-refractivity contribution in [1.29, 1.82) is 0 Å². The first kappa shape index (κ1) is 17.4. The van der Waals surface area contributed by atoms with E-state index in [9.17, 15) is 9.18 Å². The van der Waals surface area contributed by atoms with Gasteiger partial charge in [-0.25, -0.2) is 4.39 Å². The van der Waals surface area contributed by atoms with Crippen LogP contribution in [0.5, 0.6) is 5.75 Å². The normalized spacial score (nSPS) is 19.8. The molecule has 2 aromatic rings. The van der Waals surface area contributed by atoms with Crippen LogP contribution in [0.15, 0.2) is 22.6 Å². The van der Waals surface area contributed by atoms with E-state index in [2.05, 4.69) is 15.5 Å². The van der Waals surface area contributed by atoms with Gasteiger partial charge in [0.15, 0.2) is 0 Å². The lowest BCUT2D eigenvalue weighted by atomic mass is 10.0. The largest absolute Gasteiger partial charge is 0.497 e. The average molecular weight is 347 g/mol. The maximum Gasteiger partial charge on any atom is 0.221 e. The van der Waals surface area contributed by atoms with E-state index in [-0.39, 0.29) is 24.2 Å². The number of hydrogen-bond acceptors (Lipinski definition) is 5. The first-order valence-electron chi connectivity index (χ1n) is 8.44. The summed E-state index contributed by atoms with van der Waals surface area (Å²) < 4.78 is 24.7. The maximum absolute atomic E-state index is 14.0. The second-order valence-corrected chi connectivity index (χ2v) is 6.50. The van der Waals surface area contributed by atoms with Crippen molar-refractivity contribution < 1.29 is 18.3 Å². The van der Waals surface area contributed by atoms with Crippen LogP contribution in [0, 0.1) is 11.7 Å². The van der Waals surface area contributed by atoms with Crippen LogP contribution in [-0.4, -0.2) is 29.3 Å². The molecule has 1 aromatic carbocycles. The Bertz CT molecular complexity index is 747. The minimum absolute atomic E-state index is 0.00671. The van der Waals surface area contributed by atoms with Gasteiger partial charge in [0, 0.05) is 25.5 Å². The Morgan fingerprint density at radius 2 is 2.16 bits per heavy atom. The molecule has 6 nitrogen and oxygen atoms in total. The van der Waals surface area contributed by atoms with Crippen molar-refractivity contribution in [3.05, 3.63) is 41.4 Å². The highest BCUT2D eigenvalue weighted by Crippen LogP contribution is 2.28. The highest BCUT2D eigenvalue weighted by Gasteiger charge is 2.26. The fraction of sp³-hybridized carbons (Fsp3) is 0.500. The van der Waals surface area contributed by atoms with Crippen LogP contribution in [0.1, 0.15) is 43.5 Å². The van der Waals surface area contributed by atoms with Crippen LogP contribution in [0.4, 0.5) is 4.39 Å². The number of nitrogens with zero attached hydrogens (tertiary/aromatic N) is 2. The fourth-order valence-corrected chi connectivity index (χ4v) is 3.33. The number of carbonyl (C=O) groups is 1. The van der Waals surface area contributed by atoms with Crippen LogP contribution in [0.25, 0.3) is 0 Å². The van der Waals surface area contributed by atoms with E-state index in [0.29, 0.717) is 35.4 Å². The van der Waals surface area contributed by atoms with Crippen molar-refractivity contribution in [3.8, 4) is 5.75 Å². The molecule has 1 N–H and O–H groups in total. The molecule has 0 aliphatic heterocycles. The van der Waals surface area contributed by atoms with Crippen LogP contribution < -0.4 is 10.1 Å². The number of benzene rings is 1. The van der Waals surface area contributed by atoms with E-state index >= 15 is 0 Å². The minimum atomic E-state index is -0.354. The molecule has 2 atom stereocenters. The Morgan fingerprint density at radius 1 is 1.36 bits per heavy atom. The van der Waals surface area contributed by atoms with Gasteiger partial charge in [0.25, 0.3) is 0 Å². The number of ether oxygens (including phenoxy) is 1. The Labute approximate surface area is 145 Å². The van der Waals surface area contributed by atoms with Gasteiger partial charge in [-0.3, -0.25) is 4.79 Å². The summed E-state index contributed by atoms with van der Waals surface area (Å²) in [4.78, 5) is 11.1. The van der Waals surface area contributed by atoms with Gasteiger partial charge in [-0.05, 0) is 36.8 Å². The number of methoxy groups -OCH3 is 1. The van der Waals surface area contributed by atoms with Crippen LogP contribution in [-0.2, 0) is 17.6 Å². The number of halogens is 1. The monoisotopic (exact) mass is 347 g/mol. The molecule has 0 unspecified atom stereocenters. The number of amides is 1. The van der Waals surface area contributed by atoms with Gasteiger partial charge in [0.05, 0.1) is 13.5 Å². The lowest BCUT2D eigenvalue weighted by molar-refractivity contribution is -0.119. The third kappa shape index (κ3) is 4.55. The highest BCUT2D eigenvalue weighted by atomic mass is 19.1. The maximum atomic E-state index is 14.0. The number of hydrogen-bond donors (Lipinski definition) is 1. The number of rotatable bonds is 6. The first-order chi connectivity index (χ1) is 12.0. The van der Waals surface area contributed by atoms with Crippen molar-refractivity contribution in [3.63, 3.8) is 0 Å². The molecule has 25 heavy (non-hydrogen) atoms. The molecule has 1 heterocycles. The molecule has 1 fully saturated rings. The standard InChI is InChI=1S/C18H22FN3O3/c1-11(23)20-14-5-3-12(7-14)8-17-21-22-18(25-17)9-13-4-6-15(24-2)10-16(13)19/h4,6,10,12,14H,3,5,7-9H2,1-2H3,(H,20,23)/t12-,14+/m1/s1. The van der Waals surface area contributed by atoms with Gasteiger partial charge >= 0.3 is 0 Å². The third-order valence-corrected chi connectivity index (χ3v) is 4.52. The summed E-state index contributed by atoms with van der Waals surface area (Å²) in [5, 5.41) is 11.0. The summed E-state index contributed by atoms with van der Waals surface area (Å²) in [6.45, 7) is 1.54. The number of nitrogens with one attached hydrogen (secondary N) is 1. The molecule has 1 amide bonds. The Morgan fingerprint density at radius 3 is 2.88 bits per heavy atom. The summed E-state index contributed by atoms with van der Waals surface area (Å²) in [6, 6.07) is 4.94. The van der Waals surface area contributed by atoms with Gasteiger partial charge in [-0.15, -0.1) is 10.2 Å². The average Bonchev–Trinajstić information content (AvgIpc) is 3.19. The molecule has 0 bridgehead atoms. The summed E-state index contributed by atoms with van der Waals surface area (Å²) in [5.41, 5.74) is 0.489. The summed E-state index contributed by atoms with van der Waals surface area (Å²) in [7, 11) is 1.50. The molecule has 3 rings (SSSR count). The van der Waals surface area contributed by atoms with Crippen LogP contribution in [0.2, 0.25) is 0 Å². The SMILES string of the molecule is COc1ccc(Cc2nnc(C[C@@H]3CC[C@H](NC(C)=O)C3)o2)c(F)c1. The predicted molar refractivity (Wildman–Crippen MR) is 88.7 cm³/mol. The van der Waals surface area contributed by atoms with E-state index in [4.69, 9.17) is 9.15 Å². The zero-order valence-electron chi connectivity index (χ0n) is 14.4. The molecule has 0 spiro atoms. The molecule has 1 aliphatic rings. The Kier molecular flexibility index (Phi) is 5.31. The molecule has 0 radical (unpaired) electrons. The minimum Gasteiger partial charge on any atom is -0.497 e. The number of aromatic nitrogens is 2. The second-order valence-electron chi connectivity index (χ2n) is 6.50. The van der Waals surface area contributed by atoms with Crippen LogP contribution in [0.3, 0.4) is 0 Å². The summed E-state index contributed by atoms with van der Waals surface area (Å²) >= 11 is 0. The van der Waals surface area contributed by atoms with Gasteiger partial charge in [-0.2, -0.15) is 0 Å². The number of carbonyl (C=O) groups excluding carboxylic acids is 1. The lowest BCUT2D eigenvalue weighted by Gasteiger charge is -2.10. The van der Waals surface area contributed by atoms with E-state index in [1.54, 1.807) is 12.1 Å². The molecule has 1 saturated carbocycles. The van der Waals surface area contributed by atoms with Crippen molar-refractivity contribution >= 4 is 5.91 Å². The Balaban J connectivity index is 1.57. The van der Waals surface area contributed by atoms with Gasteiger partial charge < -0.3 is 14.5 Å². The van der Waals surface area contributed by atoms with Crippen molar-refractivity contribution in [2.75, 3.05) is 7.11 Å². The highest BCUT2D eigenvalue weighted by molar-refractivity contribution is 5.73. The summed E-state index contributed by atoms with van der Waals surface area (Å²) in [6.07, 6.45) is 3.86. The zero-order chi connectivity index (χ0) is 17.8. The Hall–Kier alpha value is -2.44. The first-order valence-corrected chi connectivity index (χ1v) is 8.44. The van der Waals surface area contributed by atoms with Gasteiger partial charge in [0.1, 0.15) is 11.6 Å². The molecule has 7 heteroatoms.